The molecule has 0 unspecified atom stereocenters. The van der Waals surface area contributed by atoms with E-state index in [0.717, 1.165) is 55.5 Å². The van der Waals surface area contributed by atoms with E-state index in [0.29, 0.717) is 34.8 Å². The molecule has 1 aromatic rings. The molecule has 0 aromatic heterocycles. The topological polar surface area (TPSA) is 83.1 Å². The Labute approximate surface area is 201 Å². The molecule has 3 aliphatic rings. The van der Waals surface area contributed by atoms with Crippen molar-refractivity contribution in [1.82, 2.24) is 5.32 Å². The molecule has 4 rings (SSSR count). The maximum absolute atomic E-state index is 13.6. The molecule has 1 atom stereocenters. The second-order valence-electron chi connectivity index (χ2n) is 9.24. The summed E-state index contributed by atoms with van der Waals surface area (Å²) in [4.78, 5) is 26.8. The van der Waals surface area contributed by atoms with Crippen LogP contribution in [0.5, 0.6) is 17.2 Å². The van der Waals surface area contributed by atoms with Gasteiger partial charge in [0.1, 0.15) is 6.10 Å². The maximum Gasteiger partial charge on any atom is 0.337 e. The zero-order chi connectivity index (χ0) is 24.2. The summed E-state index contributed by atoms with van der Waals surface area (Å²) < 4.78 is 22.7. The second-order valence-corrected chi connectivity index (χ2v) is 9.24. The molecule has 1 heterocycles. The fourth-order valence-corrected chi connectivity index (χ4v) is 5.43. The Morgan fingerprint density at radius 2 is 1.56 bits per heavy atom. The van der Waals surface area contributed by atoms with Crippen molar-refractivity contribution in [2.45, 2.75) is 76.7 Å². The predicted octanol–water partition coefficient (Wildman–Crippen LogP) is 4.95. The van der Waals surface area contributed by atoms with Gasteiger partial charge in [-0.25, -0.2) is 4.79 Å². The normalized spacial score (nSPS) is 21.4. The van der Waals surface area contributed by atoms with Gasteiger partial charge in [0.25, 0.3) is 0 Å². The quantitative estimate of drug-likeness (QED) is 0.466. The highest BCUT2D eigenvalue weighted by molar-refractivity contribution is 6.03. The summed E-state index contributed by atoms with van der Waals surface area (Å²) in [6.45, 7) is 1.89. The van der Waals surface area contributed by atoms with Gasteiger partial charge in [0.15, 0.2) is 17.3 Å². The van der Waals surface area contributed by atoms with Crippen LogP contribution in [0.2, 0.25) is 0 Å². The van der Waals surface area contributed by atoms with Crippen molar-refractivity contribution in [2.75, 3.05) is 21.3 Å². The summed E-state index contributed by atoms with van der Waals surface area (Å²) in [5.41, 5.74) is 3.47. The molecule has 0 saturated heterocycles. The van der Waals surface area contributed by atoms with Gasteiger partial charge < -0.3 is 24.3 Å². The maximum atomic E-state index is 13.6. The van der Waals surface area contributed by atoms with Crippen molar-refractivity contribution in [2.24, 2.45) is 0 Å². The number of Topliss-reactive ketones (excluding diaryl/α,β-unsaturated/α-hetero) is 1. The van der Waals surface area contributed by atoms with Gasteiger partial charge in [-0.1, -0.05) is 12.8 Å². The fraction of sp³-hybridized carbons (Fsp3) is 0.556. The van der Waals surface area contributed by atoms with Gasteiger partial charge in [0, 0.05) is 29.3 Å². The van der Waals surface area contributed by atoms with E-state index in [1.807, 2.05) is 19.1 Å². The van der Waals surface area contributed by atoms with E-state index in [-0.39, 0.29) is 17.9 Å². The number of esters is 1. The monoisotopic (exact) mass is 469 g/mol. The zero-order valence-electron chi connectivity index (χ0n) is 20.6. The molecule has 7 nitrogen and oxygen atoms in total. The Morgan fingerprint density at radius 1 is 0.912 bits per heavy atom. The van der Waals surface area contributed by atoms with Gasteiger partial charge in [-0.3, -0.25) is 4.79 Å². The third-order valence-corrected chi connectivity index (χ3v) is 7.09. The summed E-state index contributed by atoms with van der Waals surface area (Å²) >= 11 is 0. The molecule has 34 heavy (non-hydrogen) atoms. The van der Waals surface area contributed by atoms with Gasteiger partial charge in [0.2, 0.25) is 5.75 Å². The van der Waals surface area contributed by atoms with E-state index in [2.05, 4.69) is 5.32 Å². The fourth-order valence-electron chi connectivity index (χ4n) is 5.43. The Hall–Kier alpha value is -2.96. The second kappa shape index (κ2) is 10.5. The average Bonchev–Trinajstić information content (AvgIpc) is 3.10. The third-order valence-electron chi connectivity index (χ3n) is 7.09. The number of dihydropyridines is 1. The van der Waals surface area contributed by atoms with Crippen LogP contribution < -0.4 is 19.5 Å². The van der Waals surface area contributed by atoms with Crippen molar-refractivity contribution in [1.29, 1.82) is 0 Å². The van der Waals surface area contributed by atoms with Crippen molar-refractivity contribution in [3.05, 3.63) is 40.2 Å². The molecule has 184 valence electrons. The van der Waals surface area contributed by atoms with E-state index in [9.17, 15) is 9.59 Å². The highest BCUT2D eigenvalue weighted by atomic mass is 16.5. The van der Waals surface area contributed by atoms with Crippen molar-refractivity contribution < 1.29 is 28.5 Å². The molecule has 1 aromatic carbocycles. The number of nitrogens with one attached hydrogen (secondary N) is 1. The predicted molar refractivity (Wildman–Crippen MR) is 128 cm³/mol. The van der Waals surface area contributed by atoms with Crippen LogP contribution in [0, 0.1) is 0 Å². The number of ketones is 1. The highest BCUT2D eigenvalue weighted by Gasteiger charge is 2.40. The smallest absolute Gasteiger partial charge is 0.337 e. The summed E-state index contributed by atoms with van der Waals surface area (Å²) in [5.74, 6) is 0.566. The van der Waals surface area contributed by atoms with Gasteiger partial charge in [-0.2, -0.15) is 0 Å². The Kier molecular flexibility index (Phi) is 7.49. The van der Waals surface area contributed by atoms with Crippen LogP contribution in [0.15, 0.2) is 34.7 Å². The van der Waals surface area contributed by atoms with E-state index < -0.39 is 5.92 Å². The Balaban J connectivity index is 1.80. The number of hydrogen-bond donors (Lipinski definition) is 1. The number of benzene rings is 1. The van der Waals surface area contributed by atoms with Crippen LogP contribution in [-0.2, 0) is 14.3 Å². The Bertz CT molecular complexity index is 991. The van der Waals surface area contributed by atoms with Crippen LogP contribution in [0.25, 0.3) is 0 Å². The summed E-state index contributed by atoms with van der Waals surface area (Å²) in [6, 6.07) is 3.66. The number of rotatable bonds is 6. The Morgan fingerprint density at radius 3 is 2.15 bits per heavy atom. The number of allylic oxidation sites excluding steroid dienone is 3. The minimum atomic E-state index is -0.559. The van der Waals surface area contributed by atoms with Gasteiger partial charge in [-0.15, -0.1) is 0 Å². The van der Waals surface area contributed by atoms with Crippen LogP contribution >= 0.6 is 0 Å². The lowest BCUT2D eigenvalue weighted by atomic mass is 9.75. The molecule has 1 aliphatic heterocycles. The SMILES string of the molecule is COc1cc([C@@H]2C(C(=O)OC3CCCCCC3)=C(C)NC3=C2C(=O)CCC3)cc(OC)c1OC. The largest absolute Gasteiger partial charge is 0.493 e. The van der Waals surface area contributed by atoms with E-state index in [1.165, 1.54) is 12.8 Å². The van der Waals surface area contributed by atoms with Crippen LogP contribution in [-0.4, -0.2) is 39.2 Å². The van der Waals surface area contributed by atoms with E-state index >= 15 is 0 Å². The minimum absolute atomic E-state index is 0.0553. The first-order valence-corrected chi connectivity index (χ1v) is 12.2. The number of methoxy groups -OCH3 is 3. The standard InChI is InChI=1S/C27H35NO6/c1-16-23(27(30)34-18-10-7-5-6-8-11-18)24(25-19(28-16)12-9-13-20(25)29)17-14-21(31-2)26(33-4)22(15-17)32-3/h14-15,18,24,28H,5-13H2,1-4H3/t24-/m1/s1. The summed E-state index contributed by atoms with van der Waals surface area (Å²) in [5, 5.41) is 3.36. The van der Waals surface area contributed by atoms with Gasteiger partial charge >= 0.3 is 5.97 Å². The summed E-state index contributed by atoms with van der Waals surface area (Å²) in [6.07, 6.45) is 8.19. The number of ether oxygens (including phenoxy) is 4. The lowest BCUT2D eigenvalue weighted by Crippen LogP contribution is -2.35. The lowest BCUT2D eigenvalue weighted by molar-refractivity contribution is -0.145. The molecular weight excluding hydrogens is 434 g/mol. The lowest BCUT2D eigenvalue weighted by Gasteiger charge is -2.35. The van der Waals surface area contributed by atoms with Gasteiger partial charge in [-0.05, 0) is 63.1 Å². The molecule has 0 radical (unpaired) electrons. The van der Waals surface area contributed by atoms with Gasteiger partial charge in [0.05, 0.1) is 26.9 Å². The van der Waals surface area contributed by atoms with Crippen molar-refractivity contribution in [3.63, 3.8) is 0 Å². The molecule has 7 heteroatoms. The zero-order valence-corrected chi connectivity index (χ0v) is 20.6. The molecular formula is C27H35NO6. The van der Waals surface area contributed by atoms with Crippen LogP contribution in [0.1, 0.15) is 76.2 Å². The van der Waals surface area contributed by atoms with E-state index in [4.69, 9.17) is 18.9 Å². The first kappa shape index (κ1) is 24.2. The molecule has 1 saturated carbocycles. The first-order chi connectivity index (χ1) is 16.5. The van der Waals surface area contributed by atoms with Crippen LogP contribution in [0.4, 0.5) is 0 Å². The van der Waals surface area contributed by atoms with E-state index in [1.54, 1.807) is 21.3 Å². The highest BCUT2D eigenvalue weighted by Crippen LogP contribution is 2.47. The van der Waals surface area contributed by atoms with Crippen molar-refractivity contribution >= 4 is 11.8 Å². The summed E-state index contributed by atoms with van der Waals surface area (Å²) in [7, 11) is 4.67. The molecule has 0 spiro atoms. The molecule has 2 aliphatic carbocycles. The molecule has 1 N–H and O–H groups in total. The molecule has 0 bridgehead atoms. The van der Waals surface area contributed by atoms with Crippen LogP contribution in [0.3, 0.4) is 0 Å². The first-order valence-electron chi connectivity index (χ1n) is 12.2. The van der Waals surface area contributed by atoms with Crippen molar-refractivity contribution in [3.8, 4) is 17.2 Å². The molecule has 0 amide bonds. The number of carbonyl (C=O) groups is 2. The number of hydrogen-bond acceptors (Lipinski definition) is 7. The number of carbonyl (C=O) groups excluding carboxylic acids is 2. The minimum Gasteiger partial charge on any atom is -0.493 e. The third kappa shape index (κ3) is 4.65. The average molecular weight is 470 g/mol. The molecule has 1 fully saturated rings.